The van der Waals surface area contributed by atoms with Crippen LogP contribution in [-0.2, 0) is 0 Å². The van der Waals surface area contributed by atoms with Crippen molar-refractivity contribution in [1.29, 1.82) is 0 Å². The SMILES string of the molecule is CC(C)C[SiH2]c1ccccc1Cl. The average Bonchev–Trinajstić information content (AvgIpc) is 2.03. The summed E-state index contributed by atoms with van der Waals surface area (Å²) < 4.78 is 0. The molecule has 0 aliphatic rings. The third kappa shape index (κ3) is 3.00. The predicted octanol–water partition coefficient (Wildman–Crippen LogP) is 2.21. The van der Waals surface area contributed by atoms with Gasteiger partial charge in [0.2, 0.25) is 0 Å². The molecule has 0 heterocycles. The Morgan fingerprint density at radius 1 is 1.33 bits per heavy atom. The monoisotopic (exact) mass is 198 g/mol. The number of hydrogen-bond acceptors (Lipinski definition) is 0. The first-order valence-electron chi connectivity index (χ1n) is 4.43. The minimum absolute atomic E-state index is 0.120. The van der Waals surface area contributed by atoms with E-state index in [1.54, 1.807) is 0 Å². The van der Waals surface area contributed by atoms with Crippen molar-refractivity contribution in [3.05, 3.63) is 29.3 Å². The van der Waals surface area contributed by atoms with Crippen molar-refractivity contribution in [2.45, 2.75) is 19.9 Å². The minimum Gasteiger partial charge on any atom is -0.0845 e. The van der Waals surface area contributed by atoms with Gasteiger partial charge in [0.1, 0.15) is 0 Å². The highest BCUT2D eigenvalue weighted by atomic mass is 35.5. The molecule has 0 nitrogen and oxygen atoms in total. The fourth-order valence-electron chi connectivity index (χ4n) is 1.15. The summed E-state index contributed by atoms with van der Waals surface area (Å²) in [6.45, 7) is 4.54. The Morgan fingerprint density at radius 2 is 2.00 bits per heavy atom. The van der Waals surface area contributed by atoms with E-state index >= 15 is 0 Å². The Morgan fingerprint density at radius 3 is 2.58 bits per heavy atom. The molecule has 0 aliphatic carbocycles. The molecule has 0 N–H and O–H groups in total. The molecule has 1 rings (SSSR count). The quantitative estimate of drug-likeness (QED) is 0.654. The van der Waals surface area contributed by atoms with Crippen molar-refractivity contribution >= 4 is 26.3 Å². The van der Waals surface area contributed by atoms with Crippen molar-refractivity contribution in [3.63, 3.8) is 0 Å². The van der Waals surface area contributed by atoms with Crippen molar-refractivity contribution in [2.75, 3.05) is 0 Å². The Bertz CT molecular complexity index is 245. The molecule has 0 unspecified atom stereocenters. The van der Waals surface area contributed by atoms with E-state index in [0.717, 1.165) is 10.9 Å². The summed E-state index contributed by atoms with van der Waals surface area (Å²) in [4.78, 5) is 0. The van der Waals surface area contributed by atoms with Gasteiger partial charge in [-0.2, -0.15) is 0 Å². The molecule has 0 radical (unpaired) electrons. The van der Waals surface area contributed by atoms with Crippen LogP contribution in [0.4, 0.5) is 0 Å². The van der Waals surface area contributed by atoms with Gasteiger partial charge in [0.05, 0.1) is 9.52 Å². The van der Waals surface area contributed by atoms with Crippen LogP contribution in [0, 0.1) is 5.92 Å². The van der Waals surface area contributed by atoms with Gasteiger partial charge in [-0.25, -0.2) is 0 Å². The van der Waals surface area contributed by atoms with E-state index in [1.165, 1.54) is 11.2 Å². The van der Waals surface area contributed by atoms with E-state index in [2.05, 4.69) is 26.0 Å². The molecule has 0 aromatic heterocycles. The highest BCUT2D eigenvalue weighted by Crippen LogP contribution is 2.05. The molecule has 66 valence electrons. The summed E-state index contributed by atoms with van der Waals surface area (Å²) in [5, 5.41) is 2.37. The molecule has 0 saturated carbocycles. The number of benzene rings is 1. The second kappa shape index (κ2) is 4.68. The van der Waals surface area contributed by atoms with E-state index in [9.17, 15) is 0 Å². The molecule has 0 amide bonds. The van der Waals surface area contributed by atoms with Crippen LogP contribution in [0.15, 0.2) is 24.3 Å². The summed E-state index contributed by atoms with van der Waals surface area (Å²) in [5.74, 6) is 0.813. The first-order valence-corrected chi connectivity index (χ1v) is 6.52. The fraction of sp³-hybridized carbons (Fsp3) is 0.400. The summed E-state index contributed by atoms with van der Waals surface area (Å²) in [6.07, 6.45) is 0. The third-order valence-electron chi connectivity index (χ3n) is 1.95. The van der Waals surface area contributed by atoms with E-state index in [0.29, 0.717) is 0 Å². The van der Waals surface area contributed by atoms with Gasteiger partial charge >= 0.3 is 0 Å². The molecule has 1 aromatic carbocycles. The van der Waals surface area contributed by atoms with Crippen molar-refractivity contribution in [2.24, 2.45) is 5.92 Å². The highest BCUT2D eigenvalue weighted by Gasteiger charge is 2.00. The lowest BCUT2D eigenvalue weighted by molar-refractivity contribution is 0.732. The molecule has 0 bridgehead atoms. The number of rotatable bonds is 3. The Kier molecular flexibility index (Phi) is 3.83. The third-order valence-corrected chi connectivity index (χ3v) is 5.14. The van der Waals surface area contributed by atoms with Crippen LogP contribution in [0.1, 0.15) is 13.8 Å². The van der Waals surface area contributed by atoms with Gasteiger partial charge in [-0.15, -0.1) is 0 Å². The summed E-state index contributed by atoms with van der Waals surface area (Å²) in [5.41, 5.74) is 0. The first-order chi connectivity index (χ1) is 5.70. The molecule has 1 aromatic rings. The second-order valence-electron chi connectivity index (χ2n) is 3.52. The minimum atomic E-state index is -0.120. The zero-order valence-corrected chi connectivity index (χ0v) is 9.85. The van der Waals surface area contributed by atoms with Crippen LogP contribution in [0.3, 0.4) is 0 Å². The zero-order chi connectivity index (χ0) is 8.97. The smallest absolute Gasteiger partial charge is 0.0569 e. The van der Waals surface area contributed by atoms with Gasteiger partial charge < -0.3 is 0 Å². The van der Waals surface area contributed by atoms with Gasteiger partial charge in [-0.05, 0) is 17.2 Å². The highest BCUT2D eigenvalue weighted by molar-refractivity contribution is 6.58. The maximum Gasteiger partial charge on any atom is 0.0569 e. The average molecular weight is 199 g/mol. The summed E-state index contributed by atoms with van der Waals surface area (Å²) >= 11 is 6.04. The van der Waals surface area contributed by atoms with Crippen LogP contribution in [-0.4, -0.2) is 9.52 Å². The van der Waals surface area contributed by atoms with Gasteiger partial charge in [0.15, 0.2) is 0 Å². The van der Waals surface area contributed by atoms with Crippen LogP contribution >= 0.6 is 11.6 Å². The van der Waals surface area contributed by atoms with Crippen LogP contribution < -0.4 is 5.19 Å². The van der Waals surface area contributed by atoms with Crippen LogP contribution in [0.5, 0.6) is 0 Å². The van der Waals surface area contributed by atoms with E-state index in [4.69, 9.17) is 11.6 Å². The Balaban J connectivity index is 2.57. The Hall–Kier alpha value is -0.273. The fourth-order valence-corrected chi connectivity index (χ4v) is 3.11. The molecule has 0 spiro atoms. The Labute approximate surface area is 81.8 Å². The molecular weight excluding hydrogens is 184 g/mol. The second-order valence-corrected chi connectivity index (χ2v) is 5.77. The molecule has 0 fully saturated rings. The molecule has 0 atom stereocenters. The van der Waals surface area contributed by atoms with Gasteiger partial charge in [0, 0.05) is 5.02 Å². The summed E-state index contributed by atoms with van der Waals surface area (Å²) in [7, 11) is -0.120. The topological polar surface area (TPSA) is 0 Å². The van der Waals surface area contributed by atoms with Gasteiger partial charge in [0.25, 0.3) is 0 Å². The maximum atomic E-state index is 6.04. The molecule has 0 saturated heterocycles. The lowest BCUT2D eigenvalue weighted by Crippen LogP contribution is -2.16. The van der Waals surface area contributed by atoms with Crippen molar-refractivity contribution in [1.82, 2.24) is 0 Å². The normalized spacial score (nSPS) is 11.7. The first kappa shape index (κ1) is 9.81. The standard InChI is InChI=1S/C10H15ClSi/c1-8(2)7-12-10-6-4-3-5-9(10)11/h3-6,8H,7,12H2,1-2H3. The van der Waals surface area contributed by atoms with Gasteiger partial charge in [-0.1, -0.05) is 49.7 Å². The zero-order valence-electron chi connectivity index (χ0n) is 7.68. The lowest BCUT2D eigenvalue weighted by atomic mass is 10.3. The number of hydrogen-bond donors (Lipinski definition) is 0. The molecule has 0 aliphatic heterocycles. The van der Waals surface area contributed by atoms with Crippen molar-refractivity contribution in [3.8, 4) is 0 Å². The maximum absolute atomic E-state index is 6.04. The van der Waals surface area contributed by atoms with E-state index < -0.39 is 0 Å². The lowest BCUT2D eigenvalue weighted by Gasteiger charge is -2.04. The molecule has 12 heavy (non-hydrogen) atoms. The van der Waals surface area contributed by atoms with E-state index in [-0.39, 0.29) is 9.52 Å². The van der Waals surface area contributed by atoms with Crippen molar-refractivity contribution < 1.29 is 0 Å². The molecular formula is C10H15ClSi. The molecule has 2 heteroatoms. The van der Waals surface area contributed by atoms with E-state index in [1.807, 2.05) is 12.1 Å². The largest absolute Gasteiger partial charge is 0.0845 e. The number of halogens is 1. The summed E-state index contributed by atoms with van der Waals surface area (Å²) in [6, 6.07) is 9.58. The van der Waals surface area contributed by atoms with Gasteiger partial charge in [-0.3, -0.25) is 0 Å². The predicted molar refractivity (Wildman–Crippen MR) is 59.3 cm³/mol. The van der Waals surface area contributed by atoms with Crippen LogP contribution in [0.2, 0.25) is 11.1 Å². The van der Waals surface area contributed by atoms with Crippen LogP contribution in [0.25, 0.3) is 0 Å².